The van der Waals surface area contributed by atoms with E-state index in [-0.39, 0.29) is 11.8 Å². The summed E-state index contributed by atoms with van der Waals surface area (Å²) in [6.45, 7) is 1.86. The van der Waals surface area contributed by atoms with Crippen LogP contribution in [0.1, 0.15) is 18.5 Å². The van der Waals surface area contributed by atoms with Crippen LogP contribution in [0.3, 0.4) is 0 Å². The molecule has 0 saturated carbocycles. The average Bonchev–Trinajstić information content (AvgIpc) is 2.36. The number of phenolic OH excluding ortho intramolecular Hbond substituents is 1. The maximum Gasteiger partial charge on any atom is 0.126 e. The summed E-state index contributed by atoms with van der Waals surface area (Å²) in [5, 5.41) is 13.4. The monoisotopic (exact) mass is 295 g/mol. The molecule has 2 aromatic rings. The maximum absolute atomic E-state index is 13.3. The second-order valence-corrected chi connectivity index (χ2v) is 4.89. The van der Waals surface area contributed by atoms with Gasteiger partial charge in [-0.1, -0.05) is 11.6 Å². The normalized spacial score (nSPS) is 12.0. The van der Waals surface area contributed by atoms with Gasteiger partial charge in [-0.3, -0.25) is 0 Å². The Morgan fingerprint density at radius 1 is 1.25 bits per heavy atom. The molecule has 0 bridgehead atoms. The SMILES string of the molecule is COc1ccc(C(C)Nc2cc(F)cc(Cl)c2)c(O)c1. The summed E-state index contributed by atoms with van der Waals surface area (Å²) in [5.74, 6) is 0.283. The van der Waals surface area contributed by atoms with Crippen molar-refractivity contribution < 1.29 is 14.2 Å². The second kappa shape index (κ2) is 6.01. The van der Waals surface area contributed by atoms with E-state index in [1.165, 1.54) is 25.3 Å². The molecule has 0 aliphatic rings. The first-order chi connectivity index (χ1) is 9.49. The first-order valence-electron chi connectivity index (χ1n) is 6.09. The van der Waals surface area contributed by atoms with Gasteiger partial charge in [-0.05, 0) is 37.3 Å². The van der Waals surface area contributed by atoms with Gasteiger partial charge in [0, 0.05) is 22.3 Å². The summed E-state index contributed by atoms with van der Waals surface area (Å²) in [5.41, 5.74) is 1.24. The fraction of sp³-hybridized carbons (Fsp3) is 0.200. The molecule has 0 amide bonds. The molecule has 0 fully saturated rings. The lowest BCUT2D eigenvalue weighted by molar-refractivity contribution is 0.406. The van der Waals surface area contributed by atoms with Crippen LogP contribution in [0.15, 0.2) is 36.4 Å². The summed E-state index contributed by atoms with van der Waals surface area (Å²) < 4.78 is 18.3. The maximum atomic E-state index is 13.3. The van der Waals surface area contributed by atoms with Crippen molar-refractivity contribution >= 4 is 17.3 Å². The zero-order valence-corrected chi connectivity index (χ0v) is 11.9. The molecule has 3 nitrogen and oxygen atoms in total. The molecule has 0 spiro atoms. The number of anilines is 1. The molecular formula is C15H15ClFNO2. The Morgan fingerprint density at radius 2 is 2.00 bits per heavy atom. The minimum absolute atomic E-state index is 0.117. The third-order valence-electron chi connectivity index (χ3n) is 2.95. The fourth-order valence-corrected chi connectivity index (χ4v) is 2.20. The van der Waals surface area contributed by atoms with Crippen molar-refractivity contribution in [1.82, 2.24) is 0 Å². The Hall–Kier alpha value is -1.94. The van der Waals surface area contributed by atoms with Crippen LogP contribution in [0, 0.1) is 5.82 Å². The molecule has 2 rings (SSSR count). The zero-order valence-electron chi connectivity index (χ0n) is 11.2. The Bertz CT molecular complexity index is 599. The number of phenols is 1. The molecule has 1 unspecified atom stereocenters. The molecule has 0 aliphatic carbocycles. The van der Waals surface area contributed by atoms with Crippen LogP contribution in [0.4, 0.5) is 10.1 Å². The number of benzene rings is 2. The van der Waals surface area contributed by atoms with Gasteiger partial charge in [-0.15, -0.1) is 0 Å². The van der Waals surface area contributed by atoms with Crippen molar-refractivity contribution in [3.63, 3.8) is 0 Å². The Kier molecular flexibility index (Phi) is 4.35. The van der Waals surface area contributed by atoms with Crippen molar-refractivity contribution in [1.29, 1.82) is 0 Å². The number of nitrogens with one attached hydrogen (secondary N) is 1. The number of hydrogen-bond donors (Lipinski definition) is 2. The van der Waals surface area contributed by atoms with E-state index in [1.54, 1.807) is 18.2 Å². The van der Waals surface area contributed by atoms with Gasteiger partial charge in [-0.2, -0.15) is 0 Å². The van der Waals surface area contributed by atoms with Crippen LogP contribution in [0.25, 0.3) is 0 Å². The minimum atomic E-state index is -0.411. The first-order valence-corrected chi connectivity index (χ1v) is 6.47. The zero-order chi connectivity index (χ0) is 14.7. The molecule has 0 saturated heterocycles. The van der Waals surface area contributed by atoms with Gasteiger partial charge in [0.2, 0.25) is 0 Å². The predicted molar refractivity (Wildman–Crippen MR) is 78.1 cm³/mol. The van der Waals surface area contributed by atoms with Gasteiger partial charge in [-0.25, -0.2) is 4.39 Å². The summed E-state index contributed by atoms with van der Waals surface area (Å²) in [6.07, 6.45) is 0. The Balaban J connectivity index is 2.21. The summed E-state index contributed by atoms with van der Waals surface area (Å²) in [4.78, 5) is 0. The van der Waals surface area contributed by atoms with Gasteiger partial charge < -0.3 is 15.2 Å². The quantitative estimate of drug-likeness (QED) is 0.880. The van der Waals surface area contributed by atoms with Gasteiger partial charge >= 0.3 is 0 Å². The number of ether oxygens (including phenoxy) is 1. The molecule has 20 heavy (non-hydrogen) atoms. The largest absolute Gasteiger partial charge is 0.507 e. The molecule has 1 atom stereocenters. The second-order valence-electron chi connectivity index (χ2n) is 4.45. The van der Waals surface area contributed by atoms with E-state index in [2.05, 4.69) is 5.32 Å². The molecule has 106 valence electrons. The standard InChI is InChI=1S/C15H15ClFNO2/c1-9(14-4-3-13(20-2)8-15(14)19)18-12-6-10(16)5-11(17)7-12/h3-9,18-19H,1-2H3. The van der Waals surface area contributed by atoms with Crippen LogP contribution < -0.4 is 10.1 Å². The van der Waals surface area contributed by atoms with Crippen molar-refractivity contribution in [2.75, 3.05) is 12.4 Å². The average molecular weight is 296 g/mol. The van der Waals surface area contributed by atoms with Gasteiger partial charge in [0.1, 0.15) is 17.3 Å². The summed E-state index contributed by atoms with van der Waals surface area (Å²) in [6, 6.07) is 9.05. The van der Waals surface area contributed by atoms with E-state index in [0.29, 0.717) is 22.0 Å². The van der Waals surface area contributed by atoms with Gasteiger partial charge in [0.25, 0.3) is 0 Å². The molecule has 0 heterocycles. The number of rotatable bonds is 4. The van der Waals surface area contributed by atoms with E-state index >= 15 is 0 Å². The molecule has 0 aromatic heterocycles. The van der Waals surface area contributed by atoms with E-state index < -0.39 is 5.82 Å². The smallest absolute Gasteiger partial charge is 0.126 e. The lowest BCUT2D eigenvalue weighted by Gasteiger charge is -2.17. The van der Waals surface area contributed by atoms with Crippen LogP contribution in [0.5, 0.6) is 11.5 Å². The number of methoxy groups -OCH3 is 1. The van der Waals surface area contributed by atoms with Crippen molar-refractivity contribution in [2.24, 2.45) is 0 Å². The summed E-state index contributed by atoms with van der Waals surface area (Å²) >= 11 is 5.80. The molecular weight excluding hydrogens is 281 g/mol. The van der Waals surface area contributed by atoms with Crippen molar-refractivity contribution in [3.8, 4) is 11.5 Å². The highest BCUT2D eigenvalue weighted by atomic mass is 35.5. The number of halogens is 2. The summed E-state index contributed by atoms with van der Waals surface area (Å²) in [7, 11) is 1.53. The van der Waals surface area contributed by atoms with Crippen molar-refractivity contribution in [2.45, 2.75) is 13.0 Å². The molecule has 2 N–H and O–H groups in total. The van der Waals surface area contributed by atoms with E-state index in [0.717, 1.165) is 0 Å². The lowest BCUT2D eigenvalue weighted by Crippen LogP contribution is -2.07. The number of aromatic hydroxyl groups is 1. The van der Waals surface area contributed by atoms with Crippen LogP contribution in [0.2, 0.25) is 5.02 Å². The minimum Gasteiger partial charge on any atom is -0.507 e. The first kappa shape index (κ1) is 14.5. The topological polar surface area (TPSA) is 41.5 Å². The van der Waals surface area contributed by atoms with Crippen LogP contribution in [-0.4, -0.2) is 12.2 Å². The molecule has 0 aliphatic heterocycles. The highest BCUT2D eigenvalue weighted by Gasteiger charge is 2.12. The Labute approximate surface area is 122 Å². The predicted octanol–water partition coefficient (Wildman–Crippen LogP) is 4.37. The fourth-order valence-electron chi connectivity index (χ4n) is 1.98. The van der Waals surface area contributed by atoms with E-state index in [4.69, 9.17) is 16.3 Å². The Morgan fingerprint density at radius 3 is 2.60 bits per heavy atom. The highest BCUT2D eigenvalue weighted by molar-refractivity contribution is 6.30. The van der Waals surface area contributed by atoms with Gasteiger partial charge in [0.05, 0.1) is 13.2 Å². The lowest BCUT2D eigenvalue weighted by atomic mass is 10.1. The number of hydrogen-bond acceptors (Lipinski definition) is 3. The van der Waals surface area contributed by atoms with Gasteiger partial charge in [0.15, 0.2) is 0 Å². The van der Waals surface area contributed by atoms with Crippen LogP contribution in [-0.2, 0) is 0 Å². The molecule has 2 aromatic carbocycles. The van der Waals surface area contributed by atoms with Crippen molar-refractivity contribution in [3.05, 3.63) is 52.8 Å². The third kappa shape index (κ3) is 3.33. The molecule has 5 heteroatoms. The van der Waals surface area contributed by atoms with E-state index in [9.17, 15) is 9.50 Å². The molecule has 0 radical (unpaired) electrons. The third-order valence-corrected chi connectivity index (χ3v) is 3.17. The van der Waals surface area contributed by atoms with E-state index in [1.807, 2.05) is 6.92 Å². The van der Waals surface area contributed by atoms with Crippen LogP contribution >= 0.6 is 11.6 Å². The highest BCUT2D eigenvalue weighted by Crippen LogP contribution is 2.31.